The van der Waals surface area contributed by atoms with E-state index in [0.717, 1.165) is 0 Å². The van der Waals surface area contributed by atoms with Gasteiger partial charge < -0.3 is 0 Å². The summed E-state index contributed by atoms with van der Waals surface area (Å²) in [7, 11) is 0. The summed E-state index contributed by atoms with van der Waals surface area (Å²) in [5, 5.41) is 0. The summed E-state index contributed by atoms with van der Waals surface area (Å²) in [5.74, 6) is 0. The number of allylic oxidation sites excluding steroid dienone is 1. The van der Waals surface area contributed by atoms with Crippen molar-refractivity contribution in [3.05, 3.63) is 41.4 Å². The molecular formula is C20H32Se. The van der Waals surface area contributed by atoms with Gasteiger partial charge in [-0.2, -0.15) is 0 Å². The van der Waals surface area contributed by atoms with Crippen LogP contribution in [0.4, 0.5) is 0 Å². The van der Waals surface area contributed by atoms with Crippen LogP contribution < -0.4 is 4.46 Å². The molecule has 0 saturated carbocycles. The monoisotopic (exact) mass is 352 g/mol. The fourth-order valence-corrected chi connectivity index (χ4v) is 3.92. The molecule has 0 unspecified atom stereocenters. The molecule has 0 bridgehead atoms. The van der Waals surface area contributed by atoms with Crippen molar-refractivity contribution < 1.29 is 0 Å². The van der Waals surface area contributed by atoms with Crippen LogP contribution in [0.5, 0.6) is 0 Å². The predicted molar refractivity (Wildman–Crippen MR) is 97.4 cm³/mol. The zero-order valence-corrected chi connectivity index (χ0v) is 15.4. The van der Waals surface area contributed by atoms with Gasteiger partial charge in [0.25, 0.3) is 0 Å². The maximum absolute atomic E-state index is 2.39. The van der Waals surface area contributed by atoms with Gasteiger partial charge in [0.1, 0.15) is 0 Å². The van der Waals surface area contributed by atoms with E-state index in [1.54, 1.807) is 0 Å². The summed E-state index contributed by atoms with van der Waals surface area (Å²) in [6.07, 6.45) is 17.9. The summed E-state index contributed by atoms with van der Waals surface area (Å²) in [6.45, 7) is 2.29. The minimum atomic E-state index is 0.528. The molecule has 1 rings (SSSR count). The van der Waals surface area contributed by atoms with Crippen molar-refractivity contribution in [1.82, 2.24) is 0 Å². The Bertz CT molecular complexity index is 342. The second-order valence-electron chi connectivity index (χ2n) is 5.77. The van der Waals surface area contributed by atoms with Crippen LogP contribution in [-0.2, 0) is 0 Å². The third-order valence-electron chi connectivity index (χ3n) is 3.77. The van der Waals surface area contributed by atoms with Crippen molar-refractivity contribution in [2.75, 3.05) is 0 Å². The fourth-order valence-electron chi connectivity index (χ4n) is 2.44. The standard InChI is InChI=1S/C20H32Se/c1-2-3-4-5-6-7-8-9-10-11-12-16-19-21-20-17-14-13-15-18-20/h13-19H,2-12H2,1H3/b19-16-. The van der Waals surface area contributed by atoms with Crippen molar-refractivity contribution in [1.29, 1.82) is 0 Å². The maximum atomic E-state index is 2.39. The molecule has 0 N–H and O–H groups in total. The Morgan fingerprint density at radius 2 is 1.33 bits per heavy atom. The van der Waals surface area contributed by atoms with E-state index in [2.05, 4.69) is 48.3 Å². The van der Waals surface area contributed by atoms with Gasteiger partial charge in [0.15, 0.2) is 0 Å². The van der Waals surface area contributed by atoms with Crippen LogP contribution in [0, 0.1) is 0 Å². The summed E-state index contributed by atoms with van der Waals surface area (Å²) in [5.41, 5.74) is 0. The Balaban J connectivity index is 1.82. The van der Waals surface area contributed by atoms with Crippen molar-refractivity contribution >= 4 is 19.4 Å². The molecule has 0 amide bonds. The molecule has 0 aliphatic rings. The first-order valence-electron chi connectivity index (χ1n) is 8.80. The Morgan fingerprint density at radius 1 is 0.762 bits per heavy atom. The number of hydrogen-bond donors (Lipinski definition) is 0. The molecule has 0 aliphatic heterocycles. The summed E-state index contributed by atoms with van der Waals surface area (Å²) < 4.78 is 1.48. The molecule has 1 aromatic rings. The Labute approximate surface area is 138 Å². The van der Waals surface area contributed by atoms with Gasteiger partial charge in [-0.3, -0.25) is 0 Å². The molecule has 0 heterocycles. The number of unbranched alkanes of at least 4 members (excludes halogenated alkanes) is 10. The Morgan fingerprint density at radius 3 is 1.95 bits per heavy atom. The molecule has 1 heteroatoms. The van der Waals surface area contributed by atoms with E-state index < -0.39 is 0 Å². The van der Waals surface area contributed by atoms with Crippen LogP contribution in [0.2, 0.25) is 0 Å². The normalized spacial score (nSPS) is 11.3. The summed E-state index contributed by atoms with van der Waals surface area (Å²) in [6, 6.07) is 10.8. The second-order valence-corrected chi connectivity index (χ2v) is 7.83. The van der Waals surface area contributed by atoms with Gasteiger partial charge in [-0.1, -0.05) is 13.3 Å². The molecule has 1 aromatic carbocycles. The Hall–Kier alpha value is -0.521. The zero-order valence-electron chi connectivity index (χ0n) is 13.7. The zero-order chi connectivity index (χ0) is 15.0. The first-order chi connectivity index (χ1) is 10.4. The van der Waals surface area contributed by atoms with Crippen molar-refractivity contribution in [2.24, 2.45) is 0 Å². The molecular weight excluding hydrogens is 319 g/mol. The molecule has 0 radical (unpaired) electrons. The number of benzene rings is 1. The Kier molecular flexibility index (Phi) is 12.7. The molecule has 0 aromatic heterocycles. The number of hydrogen-bond acceptors (Lipinski definition) is 0. The van der Waals surface area contributed by atoms with Crippen LogP contribution in [-0.4, -0.2) is 15.0 Å². The van der Waals surface area contributed by atoms with E-state index in [0.29, 0.717) is 15.0 Å². The van der Waals surface area contributed by atoms with Crippen LogP contribution in [0.3, 0.4) is 0 Å². The van der Waals surface area contributed by atoms with Gasteiger partial charge >= 0.3 is 125 Å². The molecule has 118 valence electrons. The van der Waals surface area contributed by atoms with Crippen LogP contribution in [0.25, 0.3) is 0 Å². The molecule has 21 heavy (non-hydrogen) atoms. The van der Waals surface area contributed by atoms with Gasteiger partial charge in [-0.15, -0.1) is 0 Å². The average Bonchev–Trinajstić information content (AvgIpc) is 2.53. The first-order valence-corrected chi connectivity index (χ1v) is 10.6. The van der Waals surface area contributed by atoms with E-state index in [9.17, 15) is 0 Å². The van der Waals surface area contributed by atoms with E-state index in [1.165, 1.54) is 75.1 Å². The van der Waals surface area contributed by atoms with Crippen LogP contribution >= 0.6 is 0 Å². The van der Waals surface area contributed by atoms with Gasteiger partial charge in [0.05, 0.1) is 0 Å². The first kappa shape index (κ1) is 18.5. The van der Waals surface area contributed by atoms with E-state index in [1.807, 2.05) is 0 Å². The molecule has 0 saturated heterocycles. The quantitative estimate of drug-likeness (QED) is 0.309. The van der Waals surface area contributed by atoms with E-state index in [-0.39, 0.29) is 0 Å². The summed E-state index contributed by atoms with van der Waals surface area (Å²) >= 11 is 0.528. The third kappa shape index (κ3) is 11.8. The van der Waals surface area contributed by atoms with E-state index in [4.69, 9.17) is 0 Å². The third-order valence-corrected chi connectivity index (χ3v) is 5.60. The van der Waals surface area contributed by atoms with Crippen LogP contribution in [0.15, 0.2) is 41.4 Å². The predicted octanol–water partition coefficient (Wildman–Crippen LogP) is 5.84. The van der Waals surface area contributed by atoms with Gasteiger partial charge in [0.2, 0.25) is 0 Å². The number of rotatable bonds is 13. The molecule has 0 atom stereocenters. The minimum absolute atomic E-state index is 0.528. The van der Waals surface area contributed by atoms with Crippen LogP contribution in [0.1, 0.15) is 77.6 Å². The van der Waals surface area contributed by atoms with Crippen molar-refractivity contribution in [2.45, 2.75) is 77.6 Å². The molecule has 0 fully saturated rings. The average molecular weight is 351 g/mol. The summed E-state index contributed by atoms with van der Waals surface area (Å²) in [4.78, 5) is 2.38. The van der Waals surface area contributed by atoms with Gasteiger partial charge in [-0.25, -0.2) is 0 Å². The van der Waals surface area contributed by atoms with Crippen molar-refractivity contribution in [3.63, 3.8) is 0 Å². The fraction of sp³-hybridized carbons (Fsp3) is 0.600. The van der Waals surface area contributed by atoms with Gasteiger partial charge in [0, 0.05) is 0 Å². The molecule has 0 aliphatic carbocycles. The molecule has 0 spiro atoms. The van der Waals surface area contributed by atoms with Crippen molar-refractivity contribution in [3.8, 4) is 0 Å². The SMILES string of the molecule is CCCCCCCCCCCC/C=C\[Se]c1ccccc1. The second kappa shape index (κ2) is 14.4. The van der Waals surface area contributed by atoms with E-state index >= 15 is 0 Å². The topological polar surface area (TPSA) is 0 Å². The molecule has 0 nitrogen and oxygen atoms in total. The van der Waals surface area contributed by atoms with Gasteiger partial charge in [-0.05, 0) is 0 Å².